The number of aromatic nitrogens is 4. The van der Waals surface area contributed by atoms with Gasteiger partial charge in [0.1, 0.15) is 0 Å². The Morgan fingerprint density at radius 3 is 1.33 bits per heavy atom. The van der Waals surface area contributed by atoms with E-state index >= 15 is 0 Å². The molecule has 0 saturated carbocycles. The molecule has 5 nitrogen and oxygen atoms in total. The van der Waals surface area contributed by atoms with Gasteiger partial charge in [-0.15, -0.1) is 0 Å². The van der Waals surface area contributed by atoms with Crippen LogP contribution in [0.25, 0.3) is 106 Å². The van der Waals surface area contributed by atoms with Crippen LogP contribution in [0.4, 0.5) is 0 Å². The molecule has 9 aromatic carbocycles. The number of rotatable bonds is 7. The molecule has 0 aliphatic carbocycles. The predicted octanol–water partition coefficient (Wildman–Crippen LogP) is 14.0. The molecule has 2 aromatic heterocycles. The largest absolute Gasteiger partial charge is 0.309 e. The van der Waals surface area contributed by atoms with E-state index in [1.807, 2.05) is 30.3 Å². The average Bonchev–Trinajstić information content (AvgIpc) is 3.67. The summed E-state index contributed by atoms with van der Waals surface area (Å²) in [6.45, 7) is 0. The number of hydrogen-bond donors (Lipinski definition) is 0. The molecule has 0 bridgehead atoms. The predicted molar refractivity (Wildman–Crippen MR) is 249 cm³/mol. The van der Waals surface area contributed by atoms with Crippen LogP contribution in [0, 0.1) is 11.3 Å². The molecule has 61 heavy (non-hydrogen) atoms. The fraction of sp³-hybridized carbons (Fsp3) is 0. The highest BCUT2D eigenvalue weighted by Crippen LogP contribution is 2.40. The smallest absolute Gasteiger partial charge is 0.164 e. The number of fused-ring (bicyclic) bond motifs is 4. The summed E-state index contributed by atoms with van der Waals surface area (Å²) in [4.78, 5) is 15.5. The van der Waals surface area contributed by atoms with Gasteiger partial charge < -0.3 is 4.57 Å². The molecule has 2 heterocycles. The number of nitriles is 1. The third-order valence-electron chi connectivity index (χ3n) is 11.5. The minimum atomic E-state index is 0.604. The Morgan fingerprint density at radius 1 is 0.328 bits per heavy atom. The number of benzene rings is 9. The van der Waals surface area contributed by atoms with Gasteiger partial charge in [-0.1, -0.05) is 164 Å². The quantitative estimate of drug-likeness (QED) is 0.162. The highest BCUT2D eigenvalue weighted by molar-refractivity contribution is 6.12. The summed E-state index contributed by atoms with van der Waals surface area (Å²) in [6.07, 6.45) is 0. The first kappa shape index (κ1) is 35.7. The van der Waals surface area contributed by atoms with Crippen LogP contribution < -0.4 is 0 Å². The minimum Gasteiger partial charge on any atom is -0.309 e. The van der Waals surface area contributed by atoms with Crippen molar-refractivity contribution in [1.82, 2.24) is 19.5 Å². The zero-order chi connectivity index (χ0) is 40.7. The van der Waals surface area contributed by atoms with Gasteiger partial charge in [0.05, 0.1) is 22.7 Å². The Balaban J connectivity index is 1.06. The molecular weight excluding hydrogens is 743 g/mol. The van der Waals surface area contributed by atoms with Crippen molar-refractivity contribution in [3.63, 3.8) is 0 Å². The Labute approximate surface area is 353 Å². The van der Waals surface area contributed by atoms with E-state index in [-0.39, 0.29) is 0 Å². The van der Waals surface area contributed by atoms with E-state index in [9.17, 15) is 5.26 Å². The summed E-state index contributed by atoms with van der Waals surface area (Å²) in [5, 5.41) is 14.1. The fourth-order valence-electron chi connectivity index (χ4n) is 8.50. The molecule has 0 fully saturated rings. The molecule has 11 rings (SSSR count). The van der Waals surface area contributed by atoms with Crippen LogP contribution in [0.3, 0.4) is 0 Å². The standard InChI is InChI=1S/C56H35N5/c57-36-37-20-32-52-50(34-37)51-35-44(29-33-53(51)61(52)45-16-8-3-9-17-45)46-30-31-49(48-19-11-10-18-47(46)48)56-59-54(42-25-21-40(22-26-42)38-12-4-1-5-13-38)58-55(60-56)43-27-23-41(24-28-43)39-14-6-2-7-15-39/h1-35H. The molecule has 0 N–H and O–H groups in total. The molecular formula is C56H35N5. The molecule has 0 aliphatic heterocycles. The third kappa shape index (κ3) is 6.50. The van der Waals surface area contributed by atoms with E-state index in [0.717, 1.165) is 88.3 Å². The van der Waals surface area contributed by atoms with Gasteiger partial charge in [0.25, 0.3) is 0 Å². The van der Waals surface area contributed by atoms with Crippen molar-refractivity contribution in [3.05, 3.63) is 218 Å². The molecule has 0 spiro atoms. The summed E-state index contributed by atoms with van der Waals surface area (Å²) in [7, 11) is 0. The summed E-state index contributed by atoms with van der Waals surface area (Å²) < 4.78 is 2.27. The number of para-hydroxylation sites is 1. The maximum Gasteiger partial charge on any atom is 0.164 e. The highest BCUT2D eigenvalue weighted by atomic mass is 15.0. The van der Waals surface area contributed by atoms with Gasteiger partial charge in [-0.05, 0) is 92.7 Å². The molecule has 0 unspecified atom stereocenters. The van der Waals surface area contributed by atoms with Gasteiger partial charge in [0.15, 0.2) is 17.5 Å². The molecule has 0 saturated heterocycles. The van der Waals surface area contributed by atoms with Crippen LogP contribution in [-0.2, 0) is 0 Å². The lowest BCUT2D eigenvalue weighted by molar-refractivity contribution is 1.08. The first-order chi connectivity index (χ1) is 30.2. The molecule has 11 aromatic rings. The summed E-state index contributed by atoms with van der Waals surface area (Å²) in [5.74, 6) is 1.82. The van der Waals surface area contributed by atoms with E-state index in [1.165, 1.54) is 0 Å². The van der Waals surface area contributed by atoms with Gasteiger partial charge in [-0.25, -0.2) is 15.0 Å². The average molecular weight is 778 g/mol. The highest BCUT2D eigenvalue weighted by Gasteiger charge is 2.19. The third-order valence-corrected chi connectivity index (χ3v) is 11.5. The first-order valence-corrected chi connectivity index (χ1v) is 20.3. The topological polar surface area (TPSA) is 67.4 Å². The van der Waals surface area contributed by atoms with Crippen molar-refractivity contribution < 1.29 is 0 Å². The van der Waals surface area contributed by atoms with Gasteiger partial charge in [0, 0.05) is 33.2 Å². The lowest BCUT2D eigenvalue weighted by Crippen LogP contribution is -2.01. The van der Waals surface area contributed by atoms with Crippen LogP contribution in [0.2, 0.25) is 0 Å². The lowest BCUT2D eigenvalue weighted by atomic mass is 9.93. The van der Waals surface area contributed by atoms with E-state index in [2.05, 4.69) is 193 Å². The second-order valence-corrected chi connectivity index (χ2v) is 15.1. The van der Waals surface area contributed by atoms with Gasteiger partial charge in [0.2, 0.25) is 0 Å². The van der Waals surface area contributed by atoms with Crippen LogP contribution in [0.1, 0.15) is 5.56 Å². The van der Waals surface area contributed by atoms with Crippen LogP contribution in [0.15, 0.2) is 212 Å². The Bertz CT molecular complexity index is 3340. The van der Waals surface area contributed by atoms with Crippen molar-refractivity contribution in [2.45, 2.75) is 0 Å². The molecule has 5 heteroatoms. The zero-order valence-corrected chi connectivity index (χ0v) is 32.9. The van der Waals surface area contributed by atoms with Crippen LogP contribution in [-0.4, -0.2) is 19.5 Å². The maximum atomic E-state index is 9.86. The monoisotopic (exact) mass is 777 g/mol. The molecule has 284 valence electrons. The Morgan fingerprint density at radius 2 is 0.754 bits per heavy atom. The van der Waals surface area contributed by atoms with Crippen molar-refractivity contribution in [3.8, 4) is 79.3 Å². The van der Waals surface area contributed by atoms with E-state index < -0.39 is 0 Å². The van der Waals surface area contributed by atoms with Gasteiger partial charge >= 0.3 is 0 Å². The van der Waals surface area contributed by atoms with Crippen LogP contribution in [0.5, 0.6) is 0 Å². The number of hydrogen-bond acceptors (Lipinski definition) is 4. The summed E-state index contributed by atoms with van der Waals surface area (Å²) in [5.41, 5.74) is 13.3. The summed E-state index contributed by atoms with van der Waals surface area (Å²) >= 11 is 0. The lowest BCUT2D eigenvalue weighted by Gasteiger charge is -2.14. The van der Waals surface area contributed by atoms with Gasteiger partial charge in [-0.3, -0.25) is 0 Å². The van der Waals surface area contributed by atoms with Crippen molar-refractivity contribution >= 4 is 32.6 Å². The minimum absolute atomic E-state index is 0.604. The van der Waals surface area contributed by atoms with Crippen molar-refractivity contribution in [2.24, 2.45) is 0 Å². The Hall–Kier alpha value is -8.46. The molecule has 0 amide bonds. The molecule has 0 atom stereocenters. The van der Waals surface area contributed by atoms with Gasteiger partial charge in [-0.2, -0.15) is 5.26 Å². The van der Waals surface area contributed by atoms with E-state index in [1.54, 1.807) is 0 Å². The fourth-order valence-corrected chi connectivity index (χ4v) is 8.50. The number of nitrogens with zero attached hydrogens (tertiary/aromatic N) is 5. The Kier molecular flexibility index (Phi) is 8.80. The maximum absolute atomic E-state index is 9.86. The zero-order valence-electron chi connectivity index (χ0n) is 32.9. The molecule has 0 aliphatic rings. The summed E-state index contributed by atoms with van der Waals surface area (Å²) in [6, 6.07) is 75.8. The second-order valence-electron chi connectivity index (χ2n) is 15.1. The second kappa shape index (κ2) is 15.0. The van der Waals surface area contributed by atoms with Crippen molar-refractivity contribution in [1.29, 1.82) is 5.26 Å². The van der Waals surface area contributed by atoms with E-state index in [4.69, 9.17) is 15.0 Å². The SMILES string of the molecule is N#Cc1ccc2c(c1)c1cc(-c3ccc(-c4nc(-c5ccc(-c6ccccc6)cc5)nc(-c5ccc(-c6ccccc6)cc5)n4)c4ccccc34)ccc1n2-c1ccccc1. The normalized spacial score (nSPS) is 11.3. The van der Waals surface area contributed by atoms with Crippen LogP contribution >= 0.6 is 0 Å². The van der Waals surface area contributed by atoms with Crippen molar-refractivity contribution in [2.75, 3.05) is 0 Å². The van der Waals surface area contributed by atoms with E-state index in [0.29, 0.717) is 23.0 Å². The molecule has 0 radical (unpaired) electrons. The first-order valence-electron chi connectivity index (χ1n) is 20.3.